The Kier molecular flexibility index (Phi) is 2.40. The average Bonchev–Trinajstić information content (AvgIpc) is 2.66. The molecule has 1 amide bonds. The molecule has 2 aliphatic heterocycles. The zero-order valence-corrected chi connectivity index (χ0v) is 10.7. The van der Waals surface area contributed by atoms with Gasteiger partial charge in [-0.15, -0.1) is 0 Å². The number of anilines is 1. The Morgan fingerprint density at radius 3 is 2.83 bits per heavy atom. The summed E-state index contributed by atoms with van der Waals surface area (Å²) in [6, 6.07) is 6.38. The average molecular weight is 243 g/mol. The van der Waals surface area contributed by atoms with Gasteiger partial charge in [0, 0.05) is 30.5 Å². The highest BCUT2D eigenvalue weighted by Gasteiger charge is 2.30. The van der Waals surface area contributed by atoms with Crippen molar-refractivity contribution in [3.05, 3.63) is 29.3 Å². The number of hydrogen-bond donors (Lipinski definition) is 2. The van der Waals surface area contributed by atoms with Crippen LogP contribution in [0.4, 0.5) is 5.69 Å². The fraction of sp³-hybridized carbons (Fsp3) is 0.429. The fourth-order valence-electron chi connectivity index (χ4n) is 2.53. The van der Waals surface area contributed by atoms with Crippen molar-refractivity contribution in [2.24, 2.45) is 5.10 Å². The SMILES string of the molecule is CC1(C)CNc2ccc(C3=NNC(=O)CC3)cc21. The van der Waals surface area contributed by atoms with Crippen LogP contribution in [0.2, 0.25) is 0 Å². The lowest BCUT2D eigenvalue weighted by atomic mass is 9.85. The first-order valence-corrected chi connectivity index (χ1v) is 6.30. The number of carbonyl (C=O) groups is 1. The lowest BCUT2D eigenvalue weighted by Crippen LogP contribution is -2.26. The molecule has 0 saturated heterocycles. The zero-order valence-electron chi connectivity index (χ0n) is 10.7. The van der Waals surface area contributed by atoms with Crippen LogP contribution < -0.4 is 10.7 Å². The van der Waals surface area contributed by atoms with Crippen molar-refractivity contribution in [1.29, 1.82) is 0 Å². The molecule has 4 heteroatoms. The first kappa shape index (κ1) is 11.3. The Morgan fingerprint density at radius 1 is 1.28 bits per heavy atom. The summed E-state index contributed by atoms with van der Waals surface area (Å²) in [5, 5.41) is 7.57. The maximum Gasteiger partial charge on any atom is 0.240 e. The van der Waals surface area contributed by atoms with E-state index in [1.807, 2.05) is 0 Å². The summed E-state index contributed by atoms with van der Waals surface area (Å²) in [7, 11) is 0. The summed E-state index contributed by atoms with van der Waals surface area (Å²) in [6.07, 6.45) is 1.25. The van der Waals surface area contributed by atoms with Gasteiger partial charge in [-0.25, -0.2) is 5.43 Å². The predicted molar refractivity (Wildman–Crippen MR) is 71.9 cm³/mol. The molecule has 3 rings (SSSR count). The van der Waals surface area contributed by atoms with Crippen molar-refractivity contribution in [1.82, 2.24) is 5.43 Å². The van der Waals surface area contributed by atoms with Crippen LogP contribution in [0.3, 0.4) is 0 Å². The Hall–Kier alpha value is -1.84. The minimum atomic E-state index is 0.00177. The lowest BCUT2D eigenvalue weighted by Gasteiger charge is -2.19. The lowest BCUT2D eigenvalue weighted by molar-refractivity contribution is -0.121. The first-order chi connectivity index (χ1) is 8.56. The number of fused-ring (bicyclic) bond motifs is 1. The Morgan fingerprint density at radius 2 is 2.11 bits per heavy atom. The van der Waals surface area contributed by atoms with E-state index in [2.05, 4.69) is 47.9 Å². The number of nitrogens with one attached hydrogen (secondary N) is 2. The van der Waals surface area contributed by atoms with E-state index in [1.54, 1.807) is 0 Å². The van der Waals surface area contributed by atoms with Gasteiger partial charge in [0.2, 0.25) is 5.91 Å². The van der Waals surface area contributed by atoms with Crippen LogP contribution in [0, 0.1) is 0 Å². The highest BCUT2D eigenvalue weighted by Crippen LogP contribution is 2.36. The predicted octanol–water partition coefficient (Wildman–Crippen LogP) is 2.00. The maximum absolute atomic E-state index is 11.1. The molecule has 0 saturated carbocycles. The third-order valence-corrected chi connectivity index (χ3v) is 3.71. The van der Waals surface area contributed by atoms with Crippen LogP contribution in [0.1, 0.15) is 37.8 Å². The van der Waals surface area contributed by atoms with Gasteiger partial charge < -0.3 is 5.32 Å². The number of carbonyl (C=O) groups excluding carboxylic acids is 1. The van der Waals surface area contributed by atoms with Crippen LogP contribution >= 0.6 is 0 Å². The van der Waals surface area contributed by atoms with Gasteiger partial charge in [-0.05, 0) is 23.3 Å². The van der Waals surface area contributed by atoms with Crippen LogP contribution in [0.5, 0.6) is 0 Å². The molecular weight excluding hydrogens is 226 g/mol. The molecule has 2 heterocycles. The van der Waals surface area contributed by atoms with Crippen molar-refractivity contribution < 1.29 is 4.79 Å². The van der Waals surface area contributed by atoms with Gasteiger partial charge in [0.1, 0.15) is 0 Å². The molecule has 0 unspecified atom stereocenters. The van der Waals surface area contributed by atoms with Crippen molar-refractivity contribution >= 4 is 17.3 Å². The molecule has 0 atom stereocenters. The highest BCUT2D eigenvalue weighted by atomic mass is 16.2. The second kappa shape index (κ2) is 3.83. The van der Waals surface area contributed by atoms with Gasteiger partial charge in [0.25, 0.3) is 0 Å². The van der Waals surface area contributed by atoms with Crippen LogP contribution in [-0.4, -0.2) is 18.2 Å². The number of nitrogens with zero attached hydrogens (tertiary/aromatic N) is 1. The van der Waals surface area contributed by atoms with Gasteiger partial charge in [-0.2, -0.15) is 5.10 Å². The van der Waals surface area contributed by atoms with Gasteiger partial charge in [0.15, 0.2) is 0 Å². The van der Waals surface area contributed by atoms with Crippen molar-refractivity contribution in [3.63, 3.8) is 0 Å². The molecule has 0 fully saturated rings. The summed E-state index contributed by atoms with van der Waals surface area (Å²) in [4.78, 5) is 11.1. The molecule has 2 N–H and O–H groups in total. The molecule has 18 heavy (non-hydrogen) atoms. The minimum Gasteiger partial charge on any atom is -0.384 e. The van der Waals surface area contributed by atoms with Gasteiger partial charge in [0.05, 0.1) is 5.71 Å². The van der Waals surface area contributed by atoms with Crippen molar-refractivity contribution in [3.8, 4) is 0 Å². The monoisotopic (exact) mass is 243 g/mol. The summed E-state index contributed by atoms with van der Waals surface area (Å²) in [6.45, 7) is 5.44. The largest absolute Gasteiger partial charge is 0.384 e. The Balaban J connectivity index is 1.98. The molecule has 0 aliphatic carbocycles. The van der Waals surface area contributed by atoms with E-state index >= 15 is 0 Å². The van der Waals surface area contributed by atoms with E-state index in [4.69, 9.17) is 0 Å². The number of amides is 1. The van der Waals surface area contributed by atoms with E-state index < -0.39 is 0 Å². The summed E-state index contributed by atoms with van der Waals surface area (Å²) >= 11 is 0. The molecule has 0 aromatic heterocycles. The second-order valence-corrected chi connectivity index (χ2v) is 5.59. The smallest absolute Gasteiger partial charge is 0.240 e. The topological polar surface area (TPSA) is 53.5 Å². The highest BCUT2D eigenvalue weighted by molar-refractivity contribution is 6.04. The number of hydrogen-bond acceptors (Lipinski definition) is 3. The molecule has 0 bridgehead atoms. The van der Waals surface area contributed by atoms with E-state index in [9.17, 15) is 4.79 Å². The van der Waals surface area contributed by atoms with E-state index in [-0.39, 0.29) is 11.3 Å². The molecule has 0 radical (unpaired) electrons. The van der Waals surface area contributed by atoms with E-state index in [0.29, 0.717) is 6.42 Å². The number of hydrazone groups is 1. The standard InChI is InChI=1S/C14H17N3O/c1-14(2)8-15-12-4-3-9(7-10(12)14)11-5-6-13(18)17-16-11/h3-4,7,15H,5-6,8H2,1-2H3,(H,17,18). The van der Waals surface area contributed by atoms with E-state index in [1.165, 1.54) is 11.3 Å². The quantitative estimate of drug-likeness (QED) is 0.792. The third kappa shape index (κ3) is 1.78. The van der Waals surface area contributed by atoms with E-state index in [0.717, 1.165) is 24.2 Å². The third-order valence-electron chi connectivity index (χ3n) is 3.71. The fourth-order valence-corrected chi connectivity index (χ4v) is 2.53. The van der Waals surface area contributed by atoms with Crippen LogP contribution in [0.15, 0.2) is 23.3 Å². The van der Waals surface area contributed by atoms with Crippen LogP contribution in [-0.2, 0) is 10.2 Å². The molecule has 94 valence electrons. The summed E-state index contributed by atoms with van der Waals surface area (Å²) in [5.74, 6) is 0.00177. The van der Waals surface area contributed by atoms with Crippen molar-refractivity contribution in [2.75, 3.05) is 11.9 Å². The zero-order chi connectivity index (χ0) is 12.8. The molecule has 4 nitrogen and oxygen atoms in total. The molecule has 1 aromatic rings. The summed E-state index contributed by atoms with van der Waals surface area (Å²) < 4.78 is 0. The van der Waals surface area contributed by atoms with Crippen molar-refractivity contribution in [2.45, 2.75) is 32.1 Å². The Bertz CT molecular complexity index is 546. The first-order valence-electron chi connectivity index (χ1n) is 6.30. The molecule has 1 aromatic carbocycles. The van der Waals surface area contributed by atoms with Crippen LogP contribution in [0.25, 0.3) is 0 Å². The molecule has 0 spiro atoms. The number of benzene rings is 1. The molecule has 2 aliphatic rings. The second-order valence-electron chi connectivity index (χ2n) is 5.59. The van der Waals surface area contributed by atoms with Gasteiger partial charge >= 0.3 is 0 Å². The Labute approximate surface area is 106 Å². The number of rotatable bonds is 1. The maximum atomic E-state index is 11.1. The minimum absolute atomic E-state index is 0.00177. The summed E-state index contributed by atoms with van der Waals surface area (Å²) in [5.41, 5.74) is 7.34. The normalized spacial score (nSPS) is 20.8. The molecular formula is C14H17N3O. The van der Waals surface area contributed by atoms with Gasteiger partial charge in [-0.3, -0.25) is 4.79 Å². The van der Waals surface area contributed by atoms with Gasteiger partial charge in [-0.1, -0.05) is 19.9 Å².